The maximum absolute atomic E-state index is 13.6. The monoisotopic (exact) mass is 331 g/mol. The lowest BCUT2D eigenvalue weighted by molar-refractivity contribution is 0.0631. The molecule has 3 rings (SSSR count). The SMILES string of the molecule is O=C(c1ccc(F)cc1)N1CCCC(COc2ccccc2F)C1. The number of carbonyl (C=O) groups excluding carboxylic acids is 1. The summed E-state index contributed by atoms with van der Waals surface area (Å²) < 4.78 is 32.1. The number of piperidine rings is 1. The molecule has 2 aromatic carbocycles. The summed E-state index contributed by atoms with van der Waals surface area (Å²) in [6.07, 6.45) is 1.81. The van der Waals surface area contributed by atoms with E-state index < -0.39 is 0 Å². The minimum Gasteiger partial charge on any atom is -0.490 e. The molecule has 24 heavy (non-hydrogen) atoms. The van der Waals surface area contributed by atoms with Crippen LogP contribution in [0.4, 0.5) is 8.78 Å². The number of nitrogens with zero attached hydrogens (tertiary/aromatic N) is 1. The molecule has 1 fully saturated rings. The molecule has 1 unspecified atom stereocenters. The van der Waals surface area contributed by atoms with Crippen molar-refractivity contribution in [1.82, 2.24) is 4.90 Å². The fraction of sp³-hybridized carbons (Fsp3) is 0.316. The summed E-state index contributed by atoms with van der Waals surface area (Å²) in [6.45, 7) is 1.60. The van der Waals surface area contributed by atoms with Crippen molar-refractivity contribution < 1.29 is 18.3 Å². The van der Waals surface area contributed by atoms with E-state index in [9.17, 15) is 13.6 Å². The lowest BCUT2D eigenvalue weighted by Crippen LogP contribution is -2.41. The molecule has 1 heterocycles. The van der Waals surface area contributed by atoms with Crippen LogP contribution in [0.15, 0.2) is 48.5 Å². The molecule has 126 valence electrons. The molecule has 0 aliphatic carbocycles. The Balaban J connectivity index is 1.59. The van der Waals surface area contributed by atoms with E-state index in [-0.39, 0.29) is 29.2 Å². The number of hydrogen-bond donors (Lipinski definition) is 0. The van der Waals surface area contributed by atoms with Gasteiger partial charge in [0.25, 0.3) is 5.91 Å². The highest BCUT2D eigenvalue weighted by Crippen LogP contribution is 2.22. The van der Waals surface area contributed by atoms with Gasteiger partial charge >= 0.3 is 0 Å². The number of halogens is 2. The van der Waals surface area contributed by atoms with E-state index in [0.717, 1.165) is 12.8 Å². The smallest absolute Gasteiger partial charge is 0.253 e. The Kier molecular flexibility index (Phi) is 5.08. The first kappa shape index (κ1) is 16.4. The number of hydrogen-bond acceptors (Lipinski definition) is 2. The van der Waals surface area contributed by atoms with E-state index in [2.05, 4.69) is 0 Å². The predicted molar refractivity (Wildman–Crippen MR) is 86.9 cm³/mol. The van der Waals surface area contributed by atoms with Crippen LogP contribution in [0.1, 0.15) is 23.2 Å². The zero-order valence-corrected chi connectivity index (χ0v) is 13.3. The molecule has 0 bridgehead atoms. The summed E-state index contributed by atoms with van der Waals surface area (Å²) in [6, 6.07) is 11.9. The van der Waals surface area contributed by atoms with E-state index in [1.54, 1.807) is 23.1 Å². The van der Waals surface area contributed by atoms with Gasteiger partial charge in [-0.1, -0.05) is 12.1 Å². The van der Waals surface area contributed by atoms with Crippen LogP contribution in [0, 0.1) is 17.6 Å². The van der Waals surface area contributed by atoms with Gasteiger partial charge in [0.15, 0.2) is 11.6 Å². The maximum atomic E-state index is 13.6. The first-order valence-corrected chi connectivity index (χ1v) is 8.05. The highest BCUT2D eigenvalue weighted by Gasteiger charge is 2.25. The number of benzene rings is 2. The van der Waals surface area contributed by atoms with E-state index >= 15 is 0 Å². The van der Waals surface area contributed by atoms with Crippen molar-refractivity contribution >= 4 is 5.91 Å². The molecule has 1 saturated heterocycles. The highest BCUT2D eigenvalue weighted by molar-refractivity contribution is 5.94. The van der Waals surface area contributed by atoms with Gasteiger partial charge in [0, 0.05) is 24.6 Å². The second-order valence-corrected chi connectivity index (χ2v) is 6.01. The average molecular weight is 331 g/mol. The molecule has 1 atom stereocenters. The largest absolute Gasteiger partial charge is 0.490 e. The van der Waals surface area contributed by atoms with Crippen LogP contribution < -0.4 is 4.74 Å². The Morgan fingerprint density at radius 2 is 1.88 bits per heavy atom. The van der Waals surface area contributed by atoms with Crippen molar-refractivity contribution in [3.05, 3.63) is 65.7 Å². The maximum Gasteiger partial charge on any atom is 0.253 e. The Labute approximate surface area is 139 Å². The third-order valence-corrected chi connectivity index (χ3v) is 4.21. The number of rotatable bonds is 4. The Morgan fingerprint density at radius 1 is 1.12 bits per heavy atom. The number of likely N-dealkylation sites (tertiary alicyclic amines) is 1. The number of carbonyl (C=O) groups is 1. The fourth-order valence-electron chi connectivity index (χ4n) is 2.93. The van der Waals surface area contributed by atoms with Gasteiger partial charge in [0.05, 0.1) is 6.61 Å². The van der Waals surface area contributed by atoms with Crippen molar-refractivity contribution in [2.45, 2.75) is 12.8 Å². The minimum absolute atomic E-state index is 0.106. The van der Waals surface area contributed by atoms with Crippen molar-refractivity contribution in [2.75, 3.05) is 19.7 Å². The van der Waals surface area contributed by atoms with Crippen LogP contribution in [-0.4, -0.2) is 30.5 Å². The number of para-hydroxylation sites is 1. The molecule has 1 aliphatic heterocycles. The molecule has 5 heteroatoms. The normalized spacial score (nSPS) is 17.6. The van der Waals surface area contributed by atoms with Gasteiger partial charge in [-0.05, 0) is 49.2 Å². The summed E-state index contributed by atoms with van der Waals surface area (Å²) in [5.41, 5.74) is 0.479. The third-order valence-electron chi connectivity index (χ3n) is 4.21. The van der Waals surface area contributed by atoms with Crippen LogP contribution in [0.5, 0.6) is 5.75 Å². The van der Waals surface area contributed by atoms with Crippen molar-refractivity contribution in [2.24, 2.45) is 5.92 Å². The van der Waals surface area contributed by atoms with Gasteiger partial charge in [-0.25, -0.2) is 8.78 Å². The molecular formula is C19H19F2NO2. The Morgan fingerprint density at radius 3 is 2.62 bits per heavy atom. The van der Waals surface area contributed by atoms with Crippen LogP contribution >= 0.6 is 0 Å². The summed E-state index contributed by atoms with van der Waals surface area (Å²) in [5, 5.41) is 0. The van der Waals surface area contributed by atoms with Crippen LogP contribution in [0.2, 0.25) is 0 Å². The molecule has 3 nitrogen and oxygen atoms in total. The second-order valence-electron chi connectivity index (χ2n) is 6.01. The first-order valence-electron chi connectivity index (χ1n) is 8.05. The topological polar surface area (TPSA) is 29.5 Å². The summed E-state index contributed by atoms with van der Waals surface area (Å²) in [5.74, 6) is -0.457. The molecule has 1 amide bonds. The predicted octanol–water partition coefficient (Wildman–Crippen LogP) is 3.90. The second kappa shape index (κ2) is 7.43. The van der Waals surface area contributed by atoms with E-state index in [1.807, 2.05) is 0 Å². The van der Waals surface area contributed by atoms with Crippen molar-refractivity contribution in [3.8, 4) is 5.75 Å². The fourth-order valence-corrected chi connectivity index (χ4v) is 2.93. The molecule has 0 N–H and O–H groups in total. The standard InChI is InChI=1S/C19H19F2NO2/c20-16-9-7-15(8-10-16)19(23)22-11-3-4-14(12-22)13-24-18-6-2-1-5-17(18)21/h1-2,5-10,14H,3-4,11-13H2. The Hall–Kier alpha value is -2.43. The van der Waals surface area contributed by atoms with Gasteiger partial charge in [0.2, 0.25) is 0 Å². The lowest BCUT2D eigenvalue weighted by atomic mass is 9.98. The van der Waals surface area contributed by atoms with Gasteiger partial charge in [-0.15, -0.1) is 0 Å². The molecule has 2 aromatic rings. The first-order chi connectivity index (χ1) is 11.6. The van der Waals surface area contributed by atoms with Crippen molar-refractivity contribution in [1.29, 1.82) is 0 Å². The van der Waals surface area contributed by atoms with Crippen molar-refractivity contribution in [3.63, 3.8) is 0 Å². The zero-order chi connectivity index (χ0) is 16.9. The Bertz CT molecular complexity index is 703. The molecular weight excluding hydrogens is 312 g/mol. The lowest BCUT2D eigenvalue weighted by Gasteiger charge is -2.32. The van der Waals surface area contributed by atoms with Crippen LogP contribution in [0.3, 0.4) is 0 Å². The minimum atomic E-state index is -0.382. The van der Waals surface area contributed by atoms with E-state index in [4.69, 9.17) is 4.74 Å². The summed E-state index contributed by atoms with van der Waals surface area (Å²) >= 11 is 0. The number of amides is 1. The van der Waals surface area contributed by atoms with Gasteiger partial charge in [-0.2, -0.15) is 0 Å². The van der Waals surface area contributed by atoms with Crippen LogP contribution in [-0.2, 0) is 0 Å². The molecule has 0 saturated carbocycles. The zero-order valence-electron chi connectivity index (χ0n) is 13.3. The van der Waals surface area contributed by atoms with E-state index in [0.29, 0.717) is 25.3 Å². The molecule has 0 spiro atoms. The van der Waals surface area contributed by atoms with E-state index in [1.165, 1.54) is 30.3 Å². The van der Waals surface area contributed by atoms with Gasteiger partial charge in [0.1, 0.15) is 5.82 Å². The molecule has 0 radical (unpaired) electrons. The van der Waals surface area contributed by atoms with Gasteiger partial charge < -0.3 is 9.64 Å². The average Bonchev–Trinajstić information content (AvgIpc) is 2.61. The third kappa shape index (κ3) is 3.91. The van der Waals surface area contributed by atoms with Gasteiger partial charge in [-0.3, -0.25) is 4.79 Å². The molecule has 0 aromatic heterocycles. The van der Waals surface area contributed by atoms with Crippen LogP contribution in [0.25, 0.3) is 0 Å². The highest BCUT2D eigenvalue weighted by atomic mass is 19.1. The summed E-state index contributed by atoms with van der Waals surface area (Å²) in [4.78, 5) is 14.2. The summed E-state index contributed by atoms with van der Waals surface area (Å²) in [7, 11) is 0. The number of ether oxygens (including phenoxy) is 1. The molecule has 1 aliphatic rings. The quantitative estimate of drug-likeness (QED) is 0.850.